The number of anilines is 1. The maximum absolute atomic E-state index is 11.6. The standard InChI is InChI=1S/C16H20N4O/c1-18-16(21)15-10-13(7-8-19-15)20-14(11-17)9-12-5-3-2-4-6-12/h2-8,10,14H,9,11,17H2,1H3,(H,18,21)(H,19,20). The average Bonchev–Trinajstić information content (AvgIpc) is 2.54. The fraction of sp³-hybridized carbons (Fsp3) is 0.250. The summed E-state index contributed by atoms with van der Waals surface area (Å²) in [6.45, 7) is 0.506. The fourth-order valence-electron chi connectivity index (χ4n) is 2.10. The molecule has 0 radical (unpaired) electrons. The molecule has 1 heterocycles. The van der Waals surface area contributed by atoms with Crippen LogP contribution in [0, 0.1) is 0 Å². The highest BCUT2D eigenvalue weighted by Crippen LogP contribution is 2.12. The number of aromatic nitrogens is 1. The molecule has 0 aliphatic carbocycles. The van der Waals surface area contributed by atoms with Gasteiger partial charge in [0.05, 0.1) is 0 Å². The van der Waals surface area contributed by atoms with Crippen molar-refractivity contribution in [2.24, 2.45) is 5.73 Å². The Morgan fingerprint density at radius 1 is 1.29 bits per heavy atom. The third-order valence-electron chi connectivity index (χ3n) is 3.20. The molecule has 21 heavy (non-hydrogen) atoms. The van der Waals surface area contributed by atoms with E-state index in [-0.39, 0.29) is 11.9 Å². The Hall–Kier alpha value is -2.40. The fourth-order valence-corrected chi connectivity index (χ4v) is 2.10. The van der Waals surface area contributed by atoms with E-state index in [0.717, 1.165) is 12.1 Å². The number of nitrogens with zero attached hydrogens (tertiary/aromatic N) is 1. The summed E-state index contributed by atoms with van der Waals surface area (Å²) in [5, 5.41) is 5.91. The molecule has 0 aliphatic rings. The van der Waals surface area contributed by atoms with Crippen LogP contribution >= 0.6 is 0 Å². The Morgan fingerprint density at radius 2 is 2.05 bits per heavy atom. The highest BCUT2D eigenvalue weighted by atomic mass is 16.1. The number of carbonyl (C=O) groups excluding carboxylic acids is 1. The lowest BCUT2D eigenvalue weighted by Crippen LogP contribution is -2.31. The Morgan fingerprint density at radius 3 is 2.71 bits per heavy atom. The molecule has 0 fully saturated rings. The van der Waals surface area contributed by atoms with E-state index < -0.39 is 0 Å². The molecule has 110 valence electrons. The zero-order chi connectivity index (χ0) is 15.1. The third kappa shape index (κ3) is 4.29. The lowest BCUT2D eigenvalue weighted by atomic mass is 10.1. The van der Waals surface area contributed by atoms with Crippen LogP contribution in [0.2, 0.25) is 0 Å². The number of benzene rings is 1. The van der Waals surface area contributed by atoms with Gasteiger partial charge in [-0.2, -0.15) is 0 Å². The molecule has 1 aromatic carbocycles. The Kier molecular flexibility index (Phi) is 5.29. The van der Waals surface area contributed by atoms with Crippen molar-refractivity contribution in [2.45, 2.75) is 12.5 Å². The molecule has 5 heteroatoms. The van der Waals surface area contributed by atoms with Crippen LogP contribution < -0.4 is 16.4 Å². The first-order valence-corrected chi connectivity index (χ1v) is 6.91. The van der Waals surface area contributed by atoms with Gasteiger partial charge in [0.25, 0.3) is 5.91 Å². The van der Waals surface area contributed by atoms with Crippen LogP contribution in [0.4, 0.5) is 5.69 Å². The largest absolute Gasteiger partial charge is 0.381 e. The molecule has 2 rings (SSSR count). The van der Waals surface area contributed by atoms with Crippen LogP contribution in [0.1, 0.15) is 16.1 Å². The lowest BCUT2D eigenvalue weighted by molar-refractivity contribution is 0.0958. The van der Waals surface area contributed by atoms with Crippen molar-refractivity contribution >= 4 is 11.6 Å². The second kappa shape index (κ2) is 7.40. The van der Waals surface area contributed by atoms with E-state index in [4.69, 9.17) is 5.73 Å². The quantitative estimate of drug-likeness (QED) is 0.749. The van der Waals surface area contributed by atoms with E-state index in [0.29, 0.717) is 12.2 Å². The molecule has 0 aliphatic heterocycles. The van der Waals surface area contributed by atoms with E-state index in [1.807, 2.05) is 24.3 Å². The monoisotopic (exact) mass is 284 g/mol. The second-order valence-corrected chi connectivity index (χ2v) is 4.78. The molecular formula is C16H20N4O. The second-order valence-electron chi connectivity index (χ2n) is 4.78. The van der Waals surface area contributed by atoms with Crippen molar-refractivity contribution < 1.29 is 4.79 Å². The molecule has 1 unspecified atom stereocenters. The summed E-state index contributed by atoms with van der Waals surface area (Å²) in [4.78, 5) is 15.6. The SMILES string of the molecule is CNC(=O)c1cc(NC(CN)Cc2ccccc2)ccn1. The topological polar surface area (TPSA) is 80.0 Å². The first kappa shape index (κ1) is 15.0. The minimum absolute atomic E-state index is 0.104. The third-order valence-corrected chi connectivity index (χ3v) is 3.20. The molecule has 0 spiro atoms. The molecule has 1 atom stereocenters. The summed E-state index contributed by atoms with van der Waals surface area (Å²) < 4.78 is 0. The van der Waals surface area contributed by atoms with Crippen molar-refractivity contribution in [1.82, 2.24) is 10.3 Å². The van der Waals surface area contributed by atoms with Gasteiger partial charge in [-0.3, -0.25) is 9.78 Å². The first-order chi connectivity index (χ1) is 10.2. The van der Waals surface area contributed by atoms with Gasteiger partial charge in [-0.15, -0.1) is 0 Å². The van der Waals surface area contributed by atoms with E-state index in [1.165, 1.54) is 5.56 Å². The van der Waals surface area contributed by atoms with Crippen molar-refractivity contribution in [3.05, 3.63) is 59.9 Å². The van der Waals surface area contributed by atoms with Crippen molar-refractivity contribution in [2.75, 3.05) is 18.9 Å². The summed E-state index contributed by atoms with van der Waals surface area (Å²) in [6.07, 6.45) is 2.44. The van der Waals surface area contributed by atoms with Crippen LogP contribution in [0.15, 0.2) is 48.7 Å². The van der Waals surface area contributed by atoms with Gasteiger partial charge in [0.15, 0.2) is 0 Å². The number of hydrogen-bond donors (Lipinski definition) is 3. The first-order valence-electron chi connectivity index (χ1n) is 6.91. The van der Waals surface area contributed by atoms with Crippen LogP contribution in [-0.2, 0) is 6.42 Å². The molecule has 1 aromatic heterocycles. The van der Waals surface area contributed by atoms with Gasteiger partial charge in [0.2, 0.25) is 0 Å². The Bertz CT molecular complexity index is 586. The number of pyridine rings is 1. The molecule has 5 nitrogen and oxygen atoms in total. The van der Waals surface area contributed by atoms with Gasteiger partial charge >= 0.3 is 0 Å². The van der Waals surface area contributed by atoms with Crippen LogP contribution in [0.3, 0.4) is 0 Å². The smallest absolute Gasteiger partial charge is 0.269 e. The van der Waals surface area contributed by atoms with Gasteiger partial charge in [-0.05, 0) is 24.1 Å². The average molecular weight is 284 g/mol. The van der Waals surface area contributed by atoms with Gasteiger partial charge in [0.1, 0.15) is 5.69 Å². The van der Waals surface area contributed by atoms with Crippen LogP contribution in [-0.4, -0.2) is 30.5 Å². The van der Waals surface area contributed by atoms with Crippen molar-refractivity contribution in [3.8, 4) is 0 Å². The lowest BCUT2D eigenvalue weighted by Gasteiger charge is -2.18. The zero-order valence-electron chi connectivity index (χ0n) is 12.0. The summed E-state index contributed by atoms with van der Waals surface area (Å²) >= 11 is 0. The molecule has 0 saturated heterocycles. The minimum Gasteiger partial charge on any atom is -0.381 e. The highest BCUT2D eigenvalue weighted by molar-refractivity contribution is 5.92. The predicted molar refractivity (Wildman–Crippen MR) is 84.2 cm³/mol. The summed E-state index contributed by atoms with van der Waals surface area (Å²) in [5.41, 5.74) is 8.29. The highest BCUT2D eigenvalue weighted by Gasteiger charge is 2.10. The van der Waals surface area contributed by atoms with E-state index in [2.05, 4.69) is 27.8 Å². The predicted octanol–water partition coefficient (Wildman–Crippen LogP) is 1.42. The van der Waals surface area contributed by atoms with Crippen molar-refractivity contribution in [3.63, 3.8) is 0 Å². The number of carbonyl (C=O) groups is 1. The van der Waals surface area contributed by atoms with Crippen molar-refractivity contribution in [1.29, 1.82) is 0 Å². The maximum Gasteiger partial charge on any atom is 0.269 e. The number of amides is 1. The van der Waals surface area contributed by atoms with Gasteiger partial charge < -0.3 is 16.4 Å². The normalized spacial score (nSPS) is 11.7. The zero-order valence-corrected chi connectivity index (χ0v) is 12.0. The van der Waals surface area contributed by atoms with Gasteiger partial charge in [0, 0.05) is 31.5 Å². The molecule has 2 aromatic rings. The van der Waals surface area contributed by atoms with Crippen LogP contribution in [0.25, 0.3) is 0 Å². The summed E-state index contributed by atoms with van der Waals surface area (Å²) in [6, 6.07) is 13.8. The number of rotatable bonds is 6. The Labute approximate surface area is 124 Å². The molecule has 4 N–H and O–H groups in total. The molecule has 0 saturated carbocycles. The number of hydrogen-bond acceptors (Lipinski definition) is 4. The number of nitrogens with two attached hydrogens (primary N) is 1. The van der Waals surface area contributed by atoms with E-state index in [9.17, 15) is 4.79 Å². The van der Waals surface area contributed by atoms with Gasteiger partial charge in [-0.1, -0.05) is 30.3 Å². The number of nitrogens with one attached hydrogen (secondary N) is 2. The van der Waals surface area contributed by atoms with Gasteiger partial charge in [-0.25, -0.2) is 0 Å². The molecular weight excluding hydrogens is 264 g/mol. The van der Waals surface area contributed by atoms with E-state index in [1.54, 1.807) is 19.3 Å². The Balaban J connectivity index is 2.06. The summed E-state index contributed by atoms with van der Waals surface area (Å²) in [7, 11) is 1.59. The summed E-state index contributed by atoms with van der Waals surface area (Å²) in [5.74, 6) is -0.203. The van der Waals surface area contributed by atoms with Crippen LogP contribution in [0.5, 0.6) is 0 Å². The van der Waals surface area contributed by atoms with E-state index >= 15 is 0 Å². The molecule has 0 bridgehead atoms. The maximum atomic E-state index is 11.6. The molecule has 1 amide bonds. The minimum atomic E-state index is -0.203.